The molecule has 2 aliphatic rings. The summed E-state index contributed by atoms with van der Waals surface area (Å²) < 4.78 is 4.97. The zero-order valence-electron chi connectivity index (χ0n) is 11.7. The third kappa shape index (κ3) is 1.61. The maximum Gasteiger partial charge on any atom is 0.309 e. The molecule has 0 unspecified atom stereocenters. The molecule has 21 heavy (non-hydrogen) atoms. The number of hydrogen-bond donors (Lipinski definition) is 1. The number of fused-ring (bicyclic) bond motifs is 3. The number of carbonyl (C=O) groups is 1. The van der Waals surface area contributed by atoms with Gasteiger partial charge in [-0.25, -0.2) is 0 Å². The first-order valence-corrected chi connectivity index (χ1v) is 7.20. The minimum Gasteiger partial charge on any atom is -0.469 e. The lowest BCUT2D eigenvalue weighted by Gasteiger charge is -2.32. The lowest BCUT2D eigenvalue weighted by molar-refractivity contribution is -0.147. The summed E-state index contributed by atoms with van der Waals surface area (Å²) in [4.78, 5) is 12.2. The van der Waals surface area contributed by atoms with Crippen LogP contribution in [0.3, 0.4) is 0 Å². The number of aliphatic hydroxyl groups is 1. The number of methoxy groups -OCH3 is 1. The molecule has 0 bridgehead atoms. The van der Waals surface area contributed by atoms with Crippen molar-refractivity contribution >= 4 is 5.97 Å². The first-order valence-electron chi connectivity index (χ1n) is 7.20. The number of hydrogen-bond acceptors (Lipinski definition) is 3. The Labute approximate surface area is 123 Å². The number of rotatable bonds is 1. The quantitative estimate of drug-likeness (QED) is 0.817. The van der Waals surface area contributed by atoms with E-state index in [1.807, 2.05) is 24.3 Å². The third-order valence-electron chi connectivity index (χ3n) is 4.78. The van der Waals surface area contributed by atoms with E-state index in [4.69, 9.17) is 4.74 Å². The van der Waals surface area contributed by atoms with Gasteiger partial charge in [-0.1, -0.05) is 42.5 Å². The number of aliphatic hydroxyl groups excluding tert-OH is 1. The maximum absolute atomic E-state index is 12.2. The highest BCUT2D eigenvalue weighted by molar-refractivity contribution is 5.85. The second-order valence-corrected chi connectivity index (χ2v) is 5.75. The molecule has 4 rings (SSSR count). The monoisotopic (exact) mass is 280 g/mol. The largest absolute Gasteiger partial charge is 0.469 e. The van der Waals surface area contributed by atoms with Gasteiger partial charge in [-0.3, -0.25) is 4.79 Å². The molecule has 0 aliphatic heterocycles. The number of carbonyl (C=O) groups excluding carboxylic acids is 1. The molecule has 3 heteroatoms. The van der Waals surface area contributed by atoms with E-state index < -0.39 is 6.10 Å². The van der Waals surface area contributed by atoms with E-state index in [0.717, 1.165) is 16.7 Å². The van der Waals surface area contributed by atoms with Crippen LogP contribution in [0.25, 0.3) is 11.1 Å². The first-order chi connectivity index (χ1) is 10.2. The highest BCUT2D eigenvalue weighted by Gasteiger charge is 2.45. The highest BCUT2D eigenvalue weighted by Crippen LogP contribution is 2.55. The molecule has 3 atom stereocenters. The Balaban J connectivity index is 2.00. The first kappa shape index (κ1) is 12.6. The van der Waals surface area contributed by atoms with E-state index in [-0.39, 0.29) is 17.8 Å². The van der Waals surface area contributed by atoms with Crippen LogP contribution in [0.2, 0.25) is 0 Å². The van der Waals surface area contributed by atoms with Crippen molar-refractivity contribution in [2.45, 2.75) is 18.4 Å². The molecule has 106 valence electrons. The minimum absolute atomic E-state index is 0.00301. The van der Waals surface area contributed by atoms with Crippen LogP contribution in [0.4, 0.5) is 0 Å². The van der Waals surface area contributed by atoms with Crippen LogP contribution in [0.5, 0.6) is 0 Å². The van der Waals surface area contributed by atoms with Crippen molar-refractivity contribution in [3.05, 3.63) is 59.2 Å². The topological polar surface area (TPSA) is 46.5 Å². The average Bonchev–Trinajstić information content (AvgIpc) is 2.86. The van der Waals surface area contributed by atoms with Crippen LogP contribution >= 0.6 is 0 Å². The predicted molar refractivity (Wildman–Crippen MR) is 78.8 cm³/mol. The van der Waals surface area contributed by atoms with Crippen molar-refractivity contribution < 1.29 is 14.6 Å². The molecule has 0 radical (unpaired) electrons. The SMILES string of the molecule is COC(=O)[C@@H]1C[C@@H](O)c2cccc3c2[C@@H]1c1ccccc1-3. The van der Waals surface area contributed by atoms with Crippen LogP contribution in [-0.4, -0.2) is 18.2 Å². The van der Waals surface area contributed by atoms with Gasteiger partial charge in [0.05, 0.1) is 19.1 Å². The van der Waals surface area contributed by atoms with E-state index >= 15 is 0 Å². The molecule has 2 aromatic rings. The normalized spacial score (nSPS) is 25.1. The molecule has 2 aliphatic carbocycles. The summed E-state index contributed by atoms with van der Waals surface area (Å²) in [5, 5.41) is 10.4. The van der Waals surface area contributed by atoms with Crippen molar-refractivity contribution in [3.8, 4) is 11.1 Å². The maximum atomic E-state index is 12.2. The van der Waals surface area contributed by atoms with Gasteiger partial charge in [0.15, 0.2) is 0 Å². The van der Waals surface area contributed by atoms with Gasteiger partial charge in [0, 0.05) is 5.92 Å². The molecule has 0 fully saturated rings. The molecule has 0 saturated carbocycles. The van der Waals surface area contributed by atoms with Gasteiger partial charge in [-0.2, -0.15) is 0 Å². The van der Waals surface area contributed by atoms with Gasteiger partial charge in [0.1, 0.15) is 0 Å². The molecule has 3 nitrogen and oxygen atoms in total. The summed E-state index contributed by atoms with van der Waals surface area (Å²) >= 11 is 0. The molecule has 0 spiro atoms. The van der Waals surface area contributed by atoms with Crippen molar-refractivity contribution in [3.63, 3.8) is 0 Å². The molecule has 0 heterocycles. The Kier molecular flexibility index (Phi) is 2.66. The predicted octanol–water partition coefficient (Wildman–Crippen LogP) is 3.03. The van der Waals surface area contributed by atoms with Gasteiger partial charge < -0.3 is 9.84 Å². The molecule has 2 aromatic carbocycles. The van der Waals surface area contributed by atoms with Gasteiger partial charge in [-0.05, 0) is 34.2 Å². The summed E-state index contributed by atoms with van der Waals surface area (Å²) in [5.41, 5.74) is 5.53. The summed E-state index contributed by atoms with van der Waals surface area (Å²) in [7, 11) is 1.41. The van der Waals surface area contributed by atoms with Crippen molar-refractivity contribution in [1.82, 2.24) is 0 Å². The van der Waals surface area contributed by atoms with E-state index in [9.17, 15) is 9.90 Å². The highest BCUT2D eigenvalue weighted by atomic mass is 16.5. The number of benzene rings is 2. The van der Waals surface area contributed by atoms with Gasteiger partial charge >= 0.3 is 5.97 Å². The Hall–Kier alpha value is -2.13. The fourth-order valence-electron chi connectivity index (χ4n) is 3.93. The lowest BCUT2D eigenvalue weighted by atomic mass is 9.73. The van der Waals surface area contributed by atoms with Crippen molar-refractivity contribution in [1.29, 1.82) is 0 Å². The second-order valence-electron chi connectivity index (χ2n) is 5.75. The van der Waals surface area contributed by atoms with Crippen LogP contribution < -0.4 is 0 Å². The fraction of sp³-hybridized carbons (Fsp3) is 0.278. The third-order valence-corrected chi connectivity index (χ3v) is 4.78. The number of esters is 1. The zero-order chi connectivity index (χ0) is 14.6. The van der Waals surface area contributed by atoms with Crippen molar-refractivity contribution in [2.24, 2.45) is 5.92 Å². The molecule has 0 saturated heterocycles. The Morgan fingerprint density at radius 2 is 1.81 bits per heavy atom. The second kappa shape index (κ2) is 4.43. The number of ether oxygens (including phenoxy) is 1. The van der Waals surface area contributed by atoms with E-state index in [0.29, 0.717) is 6.42 Å². The Morgan fingerprint density at radius 1 is 1.10 bits per heavy atom. The Bertz CT molecular complexity index is 735. The van der Waals surface area contributed by atoms with Gasteiger partial charge in [-0.15, -0.1) is 0 Å². The minimum atomic E-state index is -0.602. The molecular weight excluding hydrogens is 264 g/mol. The van der Waals surface area contributed by atoms with Crippen molar-refractivity contribution in [2.75, 3.05) is 7.11 Å². The van der Waals surface area contributed by atoms with E-state index in [1.165, 1.54) is 18.2 Å². The smallest absolute Gasteiger partial charge is 0.309 e. The summed E-state index contributed by atoms with van der Waals surface area (Å²) in [5.74, 6) is -0.554. The van der Waals surface area contributed by atoms with Crippen LogP contribution in [0.15, 0.2) is 42.5 Å². The van der Waals surface area contributed by atoms with Crippen LogP contribution in [0.1, 0.15) is 35.1 Å². The molecule has 0 aromatic heterocycles. The summed E-state index contributed by atoms with van der Waals surface area (Å²) in [6.07, 6.45) is -0.183. The lowest BCUT2D eigenvalue weighted by Crippen LogP contribution is -2.30. The average molecular weight is 280 g/mol. The van der Waals surface area contributed by atoms with E-state index in [2.05, 4.69) is 18.2 Å². The Morgan fingerprint density at radius 3 is 2.62 bits per heavy atom. The fourth-order valence-corrected chi connectivity index (χ4v) is 3.93. The molecule has 1 N–H and O–H groups in total. The zero-order valence-corrected chi connectivity index (χ0v) is 11.7. The standard InChI is InChI=1S/C18H16O3/c1-21-18(20)14-9-15(19)13-8-4-7-12-10-5-2-3-6-11(10)17(14)16(12)13/h2-8,14-15,17,19H,9H2,1H3/t14-,15-,17-/m1/s1. The van der Waals surface area contributed by atoms with Gasteiger partial charge in [0.2, 0.25) is 0 Å². The summed E-state index contributed by atoms with van der Waals surface area (Å²) in [6.45, 7) is 0. The summed E-state index contributed by atoms with van der Waals surface area (Å²) in [6, 6.07) is 14.2. The molecule has 0 amide bonds. The van der Waals surface area contributed by atoms with Gasteiger partial charge in [0.25, 0.3) is 0 Å². The van der Waals surface area contributed by atoms with Crippen LogP contribution in [-0.2, 0) is 9.53 Å². The molecular formula is C18H16O3. The van der Waals surface area contributed by atoms with E-state index in [1.54, 1.807) is 0 Å². The van der Waals surface area contributed by atoms with Crippen LogP contribution in [0, 0.1) is 5.92 Å².